The van der Waals surface area contributed by atoms with Gasteiger partial charge >= 0.3 is 0 Å². The van der Waals surface area contributed by atoms with E-state index in [1.165, 1.54) is 19.3 Å². The van der Waals surface area contributed by atoms with Crippen LogP contribution in [0.25, 0.3) is 0 Å². The van der Waals surface area contributed by atoms with E-state index in [2.05, 4.69) is 30.9 Å². The first-order valence-corrected chi connectivity index (χ1v) is 5.95. The van der Waals surface area contributed by atoms with Gasteiger partial charge < -0.3 is 14.4 Å². The molecular weight excluding hydrogens is 204 g/mol. The minimum atomic E-state index is -0.121. The highest BCUT2D eigenvalue weighted by atomic mass is 16.7. The molecule has 1 aliphatic rings. The smallest absolute Gasteiger partial charge is 0.169 e. The van der Waals surface area contributed by atoms with Gasteiger partial charge in [0.05, 0.1) is 0 Å². The summed E-state index contributed by atoms with van der Waals surface area (Å²) in [6.07, 6.45) is 3.83. The van der Waals surface area contributed by atoms with Gasteiger partial charge in [0.25, 0.3) is 0 Å². The van der Waals surface area contributed by atoms with E-state index < -0.39 is 0 Å². The molecule has 0 aromatic rings. The molecule has 0 aliphatic heterocycles. The molecular formula is C12H26N2O2. The zero-order valence-corrected chi connectivity index (χ0v) is 11.3. The van der Waals surface area contributed by atoms with Crippen molar-refractivity contribution in [3.63, 3.8) is 0 Å². The molecule has 1 fully saturated rings. The lowest BCUT2D eigenvalue weighted by molar-refractivity contribution is -0.119. The van der Waals surface area contributed by atoms with E-state index in [0.717, 1.165) is 13.1 Å². The maximum Gasteiger partial charge on any atom is 0.169 e. The van der Waals surface area contributed by atoms with Crippen molar-refractivity contribution in [1.82, 2.24) is 9.80 Å². The Morgan fingerprint density at radius 2 is 1.69 bits per heavy atom. The molecule has 4 nitrogen and oxygen atoms in total. The molecule has 1 rings (SSSR count). The van der Waals surface area contributed by atoms with E-state index in [9.17, 15) is 0 Å². The van der Waals surface area contributed by atoms with E-state index in [1.807, 2.05) is 0 Å². The quantitative estimate of drug-likeness (QED) is 0.610. The van der Waals surface area contributed by atoms with Crippen LogP contribution in [0, 0.1) is 0 Å². The highest BCUT2D eigenvalue weighted by molar-refractivity contribution is 4.97. The van der Waals surface area contributed by atoms with Gasteiger partial charge in [0.2, 0.25) is 0 Å². The summed E-state index contributed by atoms with van der Waals surface area (Å²) < 4.78 is 10.4. The SMILES string of the molecule is COC(CN(C)CC1(N(C)C)CCC1)OC. The zero-order valence-electron chi connectivity index (χ0n) is 11.3. The second-order valence-corrected chi connectivity index (χ2v) is 5.07. The summed E-state index contributed by atoms with van der Waals surface area (Å²) in [5.74, 6) is 0. The van der Waals surface area contributed by atoms with Crippen LogP contribution in [0.15, 0.2) is 0 Å². The number of hydrogen-bond donors (Lipinski definition) is 0. The summed E-state index contributed by atoms with van der Waals surface area (Å²) in [6.45, 7) is 1.91. The number of nitrogens with zero attached hydrogens (tertiary/aromatic N) is 2. The van der Waals surface area contributed by atoms with Gasteiger partial charge in [-0.1, -0.05) is 0 Å². The Labute approximate surface area is 99.5 Å². The number of likely N-dealkylation sites (N-methyl/N-ethyl adjacent to an activating group) is 2. The first-order valence-electron chi connectivity index (χ1n) is 5.95. The Kier molecular flexibility index (Phi) is 5.18. The second kappa shape index (κ2) is 5.96. The molecule has 4 heteroatoms. The minimum absolute atomic E-state index is 0.121. The largest absolute Gasteiger partial charge is 0.355 e. The average molecular weight is 230 g/mol. The van der Waals surface area contributed by atoms with E-state index in [0.29, 0.717) is 5.54 Å². The first-order chi connectivity index (χ1) is 7.54. The number of rotatable bonds is 7. The van der Waals surface area contributed by atoms with Crippen LogP contribution in [0.4, 0.5) is 0 Å². The van der Waals surface area contributed by atoms with Crippen molar-refractivity contribution in [1.29, 1.82) is 0 Å². The van der Waals surface area contributed by atoms with E-state index in [1.54, 1.807) is 14.2 Å². The highest BCUT2D eigenvalue weighted by Gasteiger charge is 2.39. The van der Waals surface area contributed by atoms with Crippen LogP contribution < -0.4 is 0 Å². The normalized spacial score (nSPS) is 19.5. The molecule has 0 heterocycles. The van der Waals surface area contributed by atoms with Crippen molar-refractivity contribution in [2.45, 2.75) is 31.1 Å². The highest BCUT2D eigenvalue weighted by Crippen LogP contribution is 2.36. The summed E-state index contributed by atoms with van der Waals surface area (Å²) in [6, 6.07) is 0. The lowest BCUT2D eigenvalue weighted by atomic mass is 9.75. The lowest BCUT2D eigenvalue weighted by Crippen LogP contribution is -2.57. The second-order valence-electron chi connectivity index (χ2n) is 5.07. The van der Waals surface area contributed by atoms with E-state index in [4.69, 9.17) is 9.47 Å². The zero-order chi connectivity index (χ0) is 12.2. The van der Waals surface area contributed by atoms with E-state index in [-0.39, 0.29) is 6.29 Å². The summed E-state index contributed by atoms with van der Waals surface area (Å²) >= 11 is 0. The molecule has 0 N–H and O–H groups in total. The van der Waals surface area contributed by atoms with Crippen LogP contribution in [0.3, 0.4) is 0 Å². The van der Waals surface area contributed by atoms with Crippen LogP contribution in [0.2, 0.25) is 0 Å². The fourth-order valence-electron chi connectivity index (χ4n) is 2.40. The third-order valence-electron chi connectivity index (χ3n) is 3.78. The first kappa shape index (κ1) is 13.9. The van der Waals surface area contributed by atoms with E-state index >= 15 is 0 Å². The predicted molar refractivity (Wildman–Crippen MR) is 65.6 cm³/mol. The summed E-state index contributed by atoms with van der Waals surface area (Å²) in [5, 5.41) is 0. The van der Waals surface area contributed by atoms with Crippen molar-refractivity contribution < 1.29 is 9.47 Å². The van der Waals surface area contributed by atoms with Crippen molar-refractivity contribution in [2.75, 3.05) is 48.5 Å². The molecule has 0 radical (unpaired) electrons. The summed E-state index contributed by atoms with van der Waals surface area (Å²) in [5.41, 5.74) is 0.376. The summed E-state index contributed by atoms with van der Waals surface area (Å²) in [7, 11) is 9.86. The Bertz CT molecular complexity index is 201. The maximum atomic E-state index is 5.22. The molecule has 0 amide bonds. The Morgan fingerprint density at radius 3 is 2.00 bits per heavy atom. The van der Waals surface area contributed by atoms with Crippen LogP contribution in [0.1, 0.15) is 19.3 Å². The monoisotopic (exact) mass is 230 g/mol. The number of ether oxygens (including phenoxy) is 2. The average Bonchev–Trinajstić information content (AvgIpc) is 2.19. The van der Waals surface area contributed by atoms with Gasteiger partial charge in [-0.2, -0.15) is 0 Å². The standard InChI is InChI=1S/C12H26N2O2/c1-13(2)12(7-6-8-12)10-14(3)9-11(15-4)16-5/h11H,6-10H2,1-5H3. The third kappa shape index (κ3) is 3.17. The molecule has 16 heavy (non-hydrogen) atoms. The van der Waals surface area contributed by atoms with Gasteiger partial charge in [-0.3, -0.25) is 4.90 Å². The Morgan fingerprint density at radius 1 is 1.12 bits per heavy atom. The fraction of sp³-hybridized carbons (Fsp3) is 1.00. The van der Waals surface area contributed by atoms with Crippen molar-refractivity contribution >= 4 is 0 Å². The molecule has 0 bridgehead atoms. The van der Waals surface area contributed by atoms with Crippen LogP contribution in [0.5, 0.6) is 0 Å². The van der Waals surface area contributed by atoms with Crippen molar-refractivity contribution in [3.05, 3.63) is 0 Å². The minimum Gasteiger partial charge on any atom is -0.355 e. The van der Waals surface area contributed by atoms with Crippen LogP contribution >= 0.6 is 0 Å². The van der Waals surface area contributed by atoms with Crippen LogP contribution in [-0.4, -0.2) is 70.1 Å². The van der Waals surface area contributed by atoms with Gasteiger partial charge in [0.1, 0.15) is 0 Å². The van der Waals surface area contributed by atoms with Gasteiger partial charge in [0, 0.05) is 32.8 Å². The third-order valence-corrected chi connectivity index (χ3v) is 3.78. The maximum absolute atomic E-state index is 5.22. The topological polar surface area (TPSA) is 24.9 Å². The van der Waals surface area contributed by atoms with Gasteiger partial charge in [0.15, 0.2) is 6.29 Å². The van der Waals surface area contributed by atoms with Crippen molar-refractivity contribution in [3.8, 4) is 0 Å². The van der Waals surface area contributed by atoms with Gasteiger partial charge in [-0.05, 0) is 40.4 Å². The molecule has 1 aliphatic carbocycles. The molecule has 0 spiro atoms. The molecule has 0 aromatic carbocycles. The van der Waals surface area contributed by atoms with Gasteiger partial charge in [-0.25, -0.2) is 0 Å². The fourth-order valence-corrected chi connectivity index (χ4v) is 2.40. The molecule has 1 saturated carbocycles. The lowest BCUT2D eigenvalue weighted by Gasteiger charge is -2.49. The van der Waals surface area contributed by atoms with Gasteiger partial charge in [-0.15, -0.1) is 0 Å². The number of methoxy groups -OCH3 is 2. The predicted octanol–water partition coefficient (Wildman–Crippen LogP) is 1.02. The molecule has 0 aromatic heterocycles. The van der Waals surface area contributed by atoms with Crippen LogP contribution in [-0.2, 0) is 9.47 Å². The molecule has 96 valence electrons. The Hall–Kier alpha value is -0.160. The number of hydrogen-bond acceptors (Lipinski definition) is 4. The molecule has 0 atom stereocenters. The van der Waals surface area contributed by atoms with Crippen molar-refractivity contribution in [2.24, 2.45) is 0 Å². The molecule has 0 unspecified atom stereocenters. The molecule has 0 saturated heterocycles. The summed E-state index contributed by atoms with van der Waals surface area (Å²) in [4.78, 5) is 4.67. The Balaban J connectivity index is 2.40.